The molecule has 2 unspecified atom stereocenters. The van der Waals surface area contributed by atoms with Gasteiger partial charge in [-0.3, -0.25) is 4.79 Å². The monoisotopic (exact) mass is 280 g/mol. The van der Waals surface area contributed by atoms with Gasteiger partial charge >= 0.3 is 0 Å². The fourth-order valence-corrected chi connectivity index (χ4v) is 3.14. The molecule has 0 radical (unpaired) electrons. The van der Waals surface area contributed by atoms with Crippen LogP contribution in [0.4, 0.5) is 0 Å². The first-order valence-electron chi connectivity index (χ1n) is 6.95. The van der Waals surface area contributed by atoms with Gasteiger partial charge in [-0.2, -0.15) is 0 Å². The van der Waals surface area contributed by atoms with Crippen molar-refractivity contribution in [2.24, 2.45) is 11.8 Å². The van der Waals surface area contributed by atoms with Crippen molar-refractivity contribution in [3.8, 4) is 0 Å². The van der Waals surface area contributed by atoms with Crippen molar-refractivity contribution in [1.29, 1.82) is 0 Å². The zero-order valence-corrected chi connectivity index (χ0v) is 12.3. The van der Waals surface area contributed by atoms with Crippen LogP contribution in [0, 0.1) is 11.8 Å². The quantitative estimate of drug-likeness (QED) is 0.766. The first kappa shape index (κ1) is 14.5. The van der Waals surface area contributed by atoms with Gasteiger partial charge in [0.05, 0.1) is 6.10 Å². The summed E-state index contributed by atoms with van der Waals surface area (Å²) in [7, 11) is 0. The van der Waals surface area contributed by atoms with E-state index in [4.69, 9.17) is 16.3 Å². The Balaban J connectivity index is 1.86. The summed E-state index contributed by atoms with van der Waals surface area (Å²) in [5, 5.41) is 0.589. The Morgan fingerprint density at radius 3 is 2.58 bits per heavy atom. The third-order valence-electron chi connectivity index (χ3n) is 3.73. The summed E-state index contributed by atoms with van der Waals surface area (Å²) in [4.78, 5) is 12.0. The molecule has 1 aliphatic rings. The lowest BCUT2D eigenvalue weighted by Crippen LogP contribution is -2.28. The number of benzene rings is 1. The van der Waals surface area contributed by atoms with Crippen LogP contribution < -0.4 is 0 Å². The molecular weight excluding hydrogens is 260 g/mol. The summed E-state index contributed by atoms with van der Waals surface area (Å²) >= 11 is 5.88. The Morgan fingerprint density at radius 2 is 1.95 bits per heavy atom. The zero-order chi connectivity index (χ0) is 13.8. The second-order valence-corrected chi connectivity index (χ2v) is 6.22. The Hall–Kier alpha value is -0.860. The molecule has 0 spiro atoms. The highest BCUT2D eigenvalue weighted by atomic mass is 35.5. The summed E-state index contributed by atoms with van der Waals surface area (Å²) in [6.45, 7) is 4.67. The van der Waals surface area contributed by atoms with Crippen molar-refractivity contribution in [3.05, 3.63) is 34.9 Å². The molecule has 0 aromatic heterocycles. The highest BCUT2D eigenvalue weighted by molar-refractivity contribution is 6.31. The van der Waals surface area contributed by atoms with Gasteiger partial charge < -0.3 is 4.74 Å². The normalized spacial score (nSPS) is 27.2. The topological polar surface area (TPSA) is 26.3 Å². The van der Waals surface area contributed by atoms with Crippen molar-refractivity contribution in [2.45, 2.75) is 39.2 Å². The van der Waals surface area contributed by atoms with Gasteiger partial charge in [-0.05, 0) is 43.2 Å². The van der Waals surface area contributed by atoms with Crippen LogP contribution in [-0.2, 0) is 4.74 Å². The molecule has 2 nitrogen and oxygen atoms in total. The Bertz CT molecular complexity index is 434. The highest BCUT2D eigenvalue weighted by Crippen LogP contribution is 2.30. The van der Waals surface area contributed by atoms with E-state index in [0.29, 0.717) is 22.4 Å². The van der Waals surface area contributed by atoms with E-state index in [1.54, 1.807) is 24.3 Å². The van der Waals surface area contributed by atoms with Crippen LogP contribution in [0.5, 0.6) is 0 Å². The first-order valence-corrected chi connectivity index (χ1v) is 7.32. The van der Waals surface area contributed by atoms with E-state index in [0.717, 1.165) is 12.8 Å². The summed E-state index contributed by atoms with van der Waals surface area (Å²) in [6, 6.07) is 7.03. The molecule has 0 aliphatic heterocycles. The molecule has 1 fully saturated rings. The molecule has 2 rings (SSSR count). The molecule has 1 aromatic rings. The molecule has 0 amide bonds. The lowest BCUT2D eigenvalue weighted by Gasteiger charge is -2.31. The molecule has 3 heteroatoms. The molecular formula is C16H21ClO2. The summed E-state index contributed by atoms with van der Waals surface area (Å²) in [6.07, 6.45) is 3.62. The van der Waals surface area contributed by atoms with Crippen molar-refractivity contribution in [3.63, 3.8) is 0 Å². The van der Waals surface area contributed by atoms with E-state index >= 15 is 0 Å². The maximum absolute atomic E-state index is 12.0. The minimum Gasteiger partial charge on any atom is -0.370 e. The maximum atomic E-state index is 12.0. The van der Waals surface area contributed by atoms with Gasteiger partial charge in [0.2, 0.25) is 0 Å². The molecule has 19 heavy (non-hydrogen) atoms. The van der Waals surface area contributed by atoms with Gasteiger partial charge in [0.15, 0.2) is 5.78 Å². The standard InChI is InChI=1S/C16H21ClO2/c1-11-6-12(2)8-15(7-11)19-10-16(18)13-4-3-5-14(17)9-13/h3-5,9,11-12,15H,6-8,10H2,1-2H3. The summed E-state index contributed by atoms with van der Waals surface area (Å²) in [5.41, 5.74) is 0.629. The zero-order valence-electron chi connectivity index (χ0n) is 11.6. The lowest BCUT2D eigenvalue weighted by atomic mass is 9.82. The minimum absolute atomic E-state index is 0.00776. The van der Waals surface area contributed by atoms with Gasteiger partial charge in [0.1, 0.15) is 6.61 Å². The van der Waals surface area contributed by atoms with Gasteiger partial charge in [0.25, 0.3) is 0 Å². The lowest BCUT2D eigenvalue weighted by molar-refractivity contribution is 0.00562. The average molecular weight is 281 g/mol. The highest BCUT2D eigenvalue weighted by Gasteiger charge is 2.25. The van der Waals surface area contributed by atoms with E-state index in [1.165, 1.54) is 6.42 Å². The Labute approximate surface area is 120 Å². The number of ether oxygens (including phenoxy) is 1. The third kappa shape index (κ3) is 4.32. The molecule has 1 aliphatic carbocycles. The van der Waals surface area contributed by atoms with Crippen molar-refractivity contribution < 1.29 is 9.53 Å². The fourth-order valence-electron chi connectivity index (χ4n) is 2.95. The molecule has 0 heterocycles. The largest absolute Gasteiger partial charge is 0.370 e. The van der Waals surface area contributed by atoms with Crippen LogP contribution in [0.1, 0.15) is 43.5 Å². The number of hydrogen-bond acceptors (Lipinski definition) is 2. The van der Waals surface area contributed by atoms with E-state index in [9.17, 15) is 4.79 Å². The van der Waals surface area contributed by atoms with Crippen molar-refractivity contribution in [2.75, 3.05) is 6.61 Å². The van der Waals surface area contributed by atoms with Crippen LogP contribution in [0.25, 0.3) is 0 Å². The number of rotatable bonds is 4. The molecule has 2 atom stereocenters. The van der Waals surface area contributed by atoms with Crippen molar-refractivity contribution >= 4 is 17.4 Å². The van der Waals surface area contributed by atoms with Gasteiger partial charge in [0, 0.05) is 10.6 Å². The number of Topliss-reactive ketones (excluding diaryl/α,β-unsaturated/α-hetero) is 1. The number of carbonyl (C=O) groups excluding carboxylic acids is 1. The van der Waals surface area contributed by atoms with Crippen LogP contribution in [0.2, 0.25) is 5.02 Å². The van der Waals surface area contributed by atoms with Gasteiger partial charge in [-0.25, -0.2) is 0 Å². The molecule has 0 saturated heterocycles. The Morgan fingerprint density at radius 1 is 1.26 bits per heavy atom. The number of carbonyl (C=O) groups is 1. The molecule has 1 aromatic carbocycles. The SMILES string of the molecule is CC1CC(C)CC(OCC(=O)c2cccc(Cl)c2)C1. The van der Waals surface area contributed by atoms with Crippen molar-refractivity contribution in [1.82, 2.24) is 0 Å². The second-order valence-electron chi connectivity index (χ2n) is 5.78. The van der Waals surface area contributed by atoms with E-state index in [1.807, 2.05) is 0 Å². The average Bonchev–Trinajstić information content (AvgIpc) is 2.35. The van der Waals surface area contributed by atoms with Crippen LogP contribution >= 0.6 is 11.6 Å². The molecule has 1 saturated carbocycles. The predicted octanol–water partition coefficient (Wildman–Crippen LogP) is 4.36. The fraction of sp³-hybridized carbons (Fsp3) is 0.562. The number of ketones is 1. The molecule has 0 N–H and O–H groups in total. The number of halogens is 1. The maximum Gasteiger partial charge on any atom is 0.188 e. The van der Waals surface area contributed by atoms with Gasteiger partial charge in [-0.1, -0.05) is 37.6 Å². The van der Waals surface area contributed by atoms with E-state index in [2.05, 4.69) is 13.8 Å². The van der Waals surface area contributed by atoms with Gasteiger partial charge in [-0.15, -0.1) is 0 Å². The summed E-state index contributed by atoms with van der Waals surface area (Å²) in [5.74, 6) is 1.39. The first-order chi connectivity index (χ1) is 9.04. The Kier molecular flexibility index (Phi) is 5.00. The predicted molar refractivity (Wildman–Crippen MR) is 77.7 cm³/mol. The minimum atomic E-state index is 0.00776. The number of hydrogen-bond donors (Lipinski definition) is 0. The van der Waals surface area contributed by atoms with E-state index in [-0.39, 0.29) is 18.5 Å². The van der Waals surface area contributed by atoms with Crippen LogP contribution in [0.3, 0.4) is 0 Å². The molecule has 104 valence electrons. The van der Waals surface area contributed by atoms with E-state index < -0.39 is 0 Å². The molecule has 0 bridgehead atoms. The summed E-state index contributed by atoms with van der Waals surface area (Å²) < 4.78 is 5.79. The van der Waals surface area contributed by atoms with Crippen LogP contribution in [0.15, 0.2) is 24.3 Å². The second kappa shape index (κ2) is 6.53. The van der Waals surface area contributed by atoms with Crippen LogP contribution in [-0.4, -0.2) is 18.5 Å². The smallest absolute Gasteiger partial charge is 0.188 e. The third-order valence-corrected chi connectivity index (χ3v) is 3.97.